The Balaban J connectivity index is 3.04. The van der Waals surface area contributed by atoms with Gasteiger partial charge in [0, 0.05) is 12.0 Å². The minimum Gasteiger partial charge on any atom is -0.478 e. The fourth-order valence-electron chi connectivity index (χ4n) is 1.15. The van der Waals surface area contributed by atoms with Crippen LogP contribution < -0.4 is 0 Å². The predicted molar refractivity (Wildman–Crippen MR) is 55.9 cm³/mol. The van der Waals surface area contributed by atoms with Crippen molar-refractivity contribution in [2.24, 2.45) is 0 Å². The molecule has 1 N–H and O–H groups in total. The highest BCUT2D eigenvalue weighted by Crippen LogP contribution is 2.22. The molecule has 0 aliphatic carbocycles. The van der Waals surface area contributed by atoms with E-state index in [9.17, 15) is 4.79 Å². The average Bonchev–Trinajstić information content (AvgIpc) is 2.18. The average molecular weight is 212 g/mol. The van der Waals surface area contributed by atoms with Crippen molar-refractivity contribution in [2.75, 3.05) is 13.4 Å². The van der Waals surface area contributed by atoms with Crippen molar-refractivity contribution in [3.05, 3.63) is 29.3 Å². The van der Waals surface area contributed by atoms with Gasteiger partial charge in [-0.05, 0) is 24.0 Å². The lowest BCUT2D eigenvalue weighted by Crippen LogP contribution is -1.98. The Labute approximate surface area is 87.1 Å². The molecule has 0 unspecified atom stereocenters. The van der Waals surface area contributed by atoms with E-state index in [1.54, 1.807) is 25.3 Å². The molecular formula is C10H12O3S. The number of rotatable bonds is 4. The second-order valence-corrected chi connectivity index (χ2v) is 3.61. The third kappa shape index (κ3) is 2.49. The van der Waals surface area contributed by atoms with Crippen LogP contribution in [0.3, 0.4) is 0 Å². The van der Waals surface area contributed by atoms with Crippen LogP contribution in [0.1, 0.15) is 15.9 Å². The monoisotopic (exact) mass is 212 g/mol. The number of carboxylic acid groups (broad SMARTS) is 1. The molecule has 3 nitrogen and oxygen atoms in total. The number of carboxylic acids is 1. The molecule has 76 valence electrons. The van der Waals surface area contributed by atoms with E-state index in [-0.39, 0.29) is 0 Å². The van der Waals surface area contributed by atoms with Crippen LogP contribution in [0.2, 0.25) is 0 Å². The minimum absolute atomic E-state index is 0.314. The zero-order chi connectivity index (χ0) is 10.6. The second-order valence-electron chi connectivity index (χ2n) is 2.76. The Morgan fingerprint density at radius 3 is 2.79 bits per heavy atom. The van der Waals surface area contributed by atoms with Gasteiger partial charge in [0.15, 0.2) is 0 Å². The summed E-state index contributed by atoms with van der Waals surface area (Å²) in [4.78, 5) is 11.6. The van der Waals surface area contributed by atoms with Crippen molar-refractivity contribution in [2.45, 2.75) is 11.5 Å². The first-order chi connectivity index (χ1) is 6.69. The highest BCUT2D eigenvalue weighted by Gasteiger charge is 2.07. The molecule has 1 aromatic rings. The van der Waals surface area contributed by atoms with Gasteiger partial charge in [-0.1, -0.05) is 6.07 Å². The summed E-state index contributed by atoms with van der Waals surface area (Å²) in [6, 6.07) is 5.05. The Morgan fingerprint density at radius 1 is 1.57 bits per heavy atom. The lowest BCUT2D eigenvalue weighted by atomic mass is 10.1. The van der Waals surface area contributed by atoms with Crippen LogP contribution in [0.25, 0.3) is 0 Å². The number of benzene rings is 1. The SMILES string of the molecule is COCc1ccc(C(=O)O)cc1SC. The molecule has 0 amide bonds. The fourth-order valence-corrected chi connectivity index (χ4v) is 1.79. The number of thioether (sulfide) groups is 1. The number of hydrogen-bond acceptors (Lipinski definition) is 3. The van der Waals surface area contributed by atoms with Crippen LogP contribution in [0.5, 0.6) is 0 Å². The summed E-state index contributed by atoms with van der Waals surface area (Å²) >= 11 is 1.52. The predicted octanol–water partition coefficient (Wildman–Crippen LogP) is 2.25. The highest BCUT2D eigenvalue weighted by molar-refractivity contribution is 7.98. The molecule has 14 heavy (non-hydrogen) atoms. The Kier molecular flexibility index (Phi) is 3.98. The van der Waals surface area contributed by atoms with Crippen molar-refractivity contribution in [3.8, 4) is 0 Å². The second kappa shape index (κ2) is 5.02. The number of hydrogen-bond donors (Lipinski definition) is 1. The first kappa shape index (κ1) is 11.1. The first-order valence-electron chi connectivity index (χ1n) is 4.08. The van der Waals surface area contributed by atoms with Crippen LogP contribution in [0.4, 0.5) is 0 Å². The molecule has 1 aromatic carbocycles. The van der Waals surface area contributed by atoms with Crippen LogP contribution in [-0.4, -0.2) is 24.4 Å². The van der Waals surface area contributed by atoms with E-state index in [1.165, 1.54) is 11.8 Å². The number of carbonyl (C=O) groups is 1. The van der Waals surface area contributed by atoms with Crippen LogP contribution in [0, 0.1) is 0 Å². The van der Waals surface area contributed by atoms with Gasteiger partial charge < -0.3 is 9.84 Å². The molecule has 0 saturated heterocycles. The lowest BCUT2D eigenvalue weighted by Gasteiger charge is -2.06. The molecule has 0 aromatic heterocycles. The van der Waals surface area contributed by atoms with Gasteiger partial charge in [-0.15, -0.1) is 11.8 Å². The first-order valence-corrected chi connectivity index (χ1v) is 5.30. The summed E-state index contributed by atoms with van der Waals surface area (Å²) in [6.07, 6.45) is 1.92. The van der Waals surface area contributed by atoms with Gasteiger partial charge in [0.05, 0.1) is 12.2 Å². The molecular weight excluding hydrogens is 200 g/mol. The van der Waals surface area contributed by atoms with E-state index in [4.69, 9.17) is 9.84 Å². The fraction of sp³-hybridized carbons (Fsp3) is 0.300. The Morgan fingerprint density at radius 2 is 2.29 bits per heavy atom. The molecule has 0 aliphatic rings. The van der Waals surface area contributed by atoms with Crippen LogP contribution in [0.15, 0.2) is 23.1 Å². The summed E-state index contributed by atoms with van der Waals surface area (Å²) in [6.45, 7) is 0.510. The van der Waals surface area contributed by atoms with Gasteiger partial charge in [-0.3, -0.25) is 0 Å². The van der Waals surface area contributed by atoms with E-state index in [1.807, 2.05) is 6.26 Å². The zero-order valence-electron chi connectivity index (χ0n) is 8.11. The largest absolute Gasteiger partial charge is 0.478 e. The summed E-state index contributed by atoms with van der Waals surface area (Å²) in [7, 11) is 1.62. The zero-order valence-corrected chi connectivity index (χ0v) is 8.93. The van der Waals surface area contributed by atoms with Gasteiger partial charge in [0.2, 0.25) is 0 Å². The highest BCUT2D eigenvalue weighted by atomic mass is 32.2. The van der Waals surface area contributed by atoms with E-state index in [0.717, 1.165) is 10.5 Å². The summed E-state index contributed by atoms with van der Waals surface area (Å²) in [5, 5.41) is 8.79. The molecule has 0 fully saturated rings. The van der Waals surface area contributed by atoms with Crippen LogP contribution >= 0.6 is 11.8 Å². The van der Waals surface area contributed by atoms with E-state index in [2.05, 4.69) is 0 Å². The normalized spacial score (nSPS) is 10.1. The summed E-state index contributed by atoms with van der Waals surface area (Å²) in [5.74, 6) is -0.899. The molecule has 4 heteroatoms. The van der Waals surface area contributed by atoms with Crippen molar-refractivity contribution in [1.29, 1.82) is 0 Å². The van der Waals surface area contributed by atoms with E-state index >= 15 is 0 Å². The smallest absolute Gasteiger partial charge is 0.335 e. The maximum Gasteiger partial charge on any atom is 0.335 e. The van der Waals surface area contributed by atoms with Crippen LogP contribution in [-0.2, 0) is 11.3 Å². The number of ether oxygens (including phenoxy) is 1. The molecule has 0 heterocycles. The molecule has 0 radical (unpaired) electrons. The summed E-state index contributed by atoms with van der Waals surface area (Å²) in [5.41, 5.74) is 1.33. The van der Waals surface area contributed by atoms with Crippen molar-refractivity contribution in [3.63, 3.8) is 0 Å². The van der Waals surface area contributed by atoms with Crippen molar-refractivity contribution < 1.29 is 14.6 Å². The van der Waals surface area contributed by atoms with Gasteiger partial charge in [0.25, 0.3) is 0 Å². The molecule has 0 aliphatic heterocycles. The molecule has 0 bridgehead atoms. The van der Waals surface area contributed by atoms with E-state index in [0.29, 0.717) is 12.2 Å². The van der Waals surface area contributed by atoms with Crippen molar-refractivity contribution >= 4 is 17.7 Å². The molecule has 0 saturated carbocycles. The quantitative estimate of drug-likeness (QED) is 0.777. The molecule has 0 spiro atoms. The maximum atomic E-state index is 10.7. The molecule has 1 rings (SSSR count). The third-order valence-electron chi connectivity index (χ3n) is 1.83. The van der Waals surface area contributed by atoms with Gasteiger partial charge in [-0.25, -0.2) is 4.79 Å². The summed E-state index contributed by atoms with van der Waals surface area (Å²) < 4.78 is 5.01. The third-order valence-corrected chi connectivity index (χ3v) is 2.65. The van der Waals surface area contributed by atoms with Gasteiger partial charge in [0.1, 0.15) is 0 Å². The standard InChI is InChI=1S/C10H12O3S/c1-13-6-8-4-3-7(10(11)12)5-9(8)14-2/h3-5H,6H2,1-2H3,(H,11,12). The van der Waals surface area contributed by atoms with Gasteiger partial charge >= 0.3 is 5.97 Å². The number of methoxy groups -OCH3 is 1. The Bertz CT molecular complexity index is 336. The minimum atomic E-state index is -0.899. The lowest BCUT2D eigenvalue weighted by molar-refractivity contribution is 0.0696. The van der Waals surface area contributed by atoms with Crippen molar-refractivity contribution in [1.82, 2.24) is 0 Å². The number of aromatic carboxylic acids is 1. The Hall–Kier alpha value is -1.00. The van der Waals surface area contributed by atoms with Gasteiger partial charge in [-0.2, -0.15) is 0 Å². The maximum absolute atomic E-state index is 10.7. The topological polar surface area (TPSA) is 46.5 Å². The van der Waals surface area contributed by atoms with E-state index < -0.39 is 5.97 Å². The molecule has 0 atom stereocenters.